The molecule has 1 aromatic heterocycles. The van der Waals surface area contributed by atoms with Gasteiger partial charge in [-0.15, -0.1) is 0 Å². The lowest BCUT2D eigenvalue weighted by Gasteiger charge is -2.35. The van der Waals surface area contributed by atoms with Gasteiger partial charge in [0.1, 0.15) is 11.6 Å². The third-order valence-corrected chi connectivity index (χ3v) is 9.92. The highest BCUT2D eigenvalue weighted by atomic mass is 32.2. The van der Waals surface area contributed by atoms with E-state index < -0.39 is 21.7 Å². The summed E-state index contributed by atoms with van der Waals surface area (Å²) in [5, 5.41) is 4.04. The summed E-state index contributed by atoms with van der Waals surface area (Å²) in [6.45, 7) is 8.97. The number of aromatic amines is 1. The molecule has 2 aliphatic heterocycles. The molecule has 0 radical (unpaired) electrons. The normalized spacial score (nSPS) is 16.7. The fourth-order valence-corrected chi connectivity index (χ4v) is 7.13. The maximum absolute atomic E-state index is 14.1. The first kappa shape index (κ1) is 32.5. The maximum Gasteiger partial charge on any atom is 0.410 e. The molecule has 0 aliphatic carbocycles. The van der Waals surface area contributed by atoms with Crippen LogP contribution in [0.25, 0.3) is 10.9 Å². The monoisotopic (exact) mass is 637 g/mol. The lowest BCUT2D eigenvalue weighted by Crippen LogP contribution is -2.53. The number of para-hydroxylation sites is 1. The van der Waals surface area contributed by atoms with Gasteiger partial charge < -0.3 is 24.8 Å². The fraction of sp³-hybridized carbons (Fsp3) is 0.485. The highest BCUT2D eigenvalue weighted by Crippen LogP contribution is 2.26. The number of H-pyrrole nitrogens is 1. The average molecular weight is 638 g/mol. The number of carbonyl (C=O) groups is 3. The van der Waals surface area contributed by atoms with Crippen LogP contribution in [0.15, 0.2) is 53.6 Å². The molecule has 0 saturated carbocycles. The summed E-state index contributed by atoms with van der Waals surface area (Å²) in [5.74, 6) is -0.776. The highest BCUT2D eigenvalue weighted by Gasteiger charge is 2.34. The van der Waals surface area contributed by atoms with Gasteiger partial charge in [-0.05, 0) is 74.9 Å². The van der Waals surface area contributed by atoms with E-state index in [1.54, 1.807) is 28.9 Å². The molecular formula is C33H43N5O6S. The Hall–Kier alpha value is -3.90. The zero-order valence-corrected chi connectivity index (χ0v) is 27.2. The van der Waals surface area contributed by atoms with Crippen molar-refractivity contribution in [3.63, 3.8) is 0 Å². The molecule has 2 aromatic carbocycles. The largest absolute Gasteiger partial charge is 0.444 e. The van der Waals surface area contributed by atoms with Crippen LogP contribution in [0.2, 0.25) is 0 Å². The van der Waals surface area contributed by atoms with Crippen molar-refractivity contribution in [1.29, 1.82) is 0 Å². The number of nitrogens with zero attached hydrogens (tertiary/aromatic N) is 2. The number of likely N-dealkylation sites (tertiary alicyclic amines) is 1. The highest BCUT2D eigenvalue weighted by molar-refractivity contribution is 7.89. The van der Waals surface area contributed by atoms with Crippen molar-refractivity contribution < 1.29 is 27.5 Å². The van der Waals surface area contributed by atoms with Gasteiger partial charge in [0.15, 0.2) is 0 Å². The third kappa shape index (κ3) is 7.67. The van der Waals surface area contributed by atoms with E-state index in [1.807, 2.05) is 57.3 Å². The second-order valence-corrected chi connectivity index (χ2v) is 14.6. The smallest absolute Gasteiger partial charge is 0.410 e. The van der Waals surface area contributed by atoms with E-state index in [4.69, 9.17) is 4.74 Å². The topological polar surface area (TPSA) is 141 Å². The second kappa shape index (κ2) is 13.2. The van der Waals surface area contributed by atoms with Gasteiger partial charge in [0.2, 0.25) is 21.8 Å². The van der Waals surface area contributed by atoms with Gasteiger partial charge in [-0.2, -0.15) is 0 Å². The molecule has 2 aliphatic rings. The van der Waals surface area contributed by atoms with E-state index in [0.29, 0.717) is 45.3 Å². The first-order valence-corrected chi connectivity index (χ1v) is 17.1. The van der Waals surface area contributed by atoms with Gasteiger partial charge in [0.05, 0.1) is 4.90 Å². The van der Waals surface area contributed by atoms with Crippen molar-refractivity contribution >= 4 is 38.8 Å². The number of carbonyl (C=O) groups excluding carboxylic acids is 3. The lowest BCUT2D eigenvalue weighted by atomic mass is 9.94. The van der Waals surface area contributed by atoms with Gasteiger partial charge in [0, 0.05) is 62.2 Å². The number of nitrogens with one attached hydrogen (secondary N) is 3. The third-order valence-electron chi connectivity index (χ3n) is 8.38. The van der Waals surface area contributed by atoms with Gasteiger partial charge in [0.25, 0.3) is 0 Å². The van der Waals surface area contributed by atoms with E-state index in [2.05, 4.69) is 15.0 Å². The molecule has 3 N–H and O–H groups in total. The number of amides is 3. The minimum absolute atomic E-state index is 0.166. The minimum Gasteiger partial charge on any atom is -0.444 e. The second-order valence-electron chi connectivity index (χ2n) is 12.8. The summed E-state index contributed by atoms with van der Waals surface area (Å²) in [6, 6.07) is 12.1. The molecular weight excluding hydrogens is 594 g/mol. The number of rotatable bonds is 8. The zero-order chi connectivity index (χ0) is 32.4. The Bertz CT molecular complexity index is 1670. The maximum atomic E-state index is 14.1. The van der Waals surface area contributed by atoms with Crippen LogP contribution in [0.5, 0.6) is 0 Å². The van der Waals surface area contributed by atoms with Crippen molar-refractivity contribution in [2.75, 3.05) is 26.2 Å². The van der Waals surface area contributed by atoms with Crippen LogP contribution in [0.1, 0.15) is 57.2 Å². The predicted molar refractivity (Wildman–Crippen MR) is 171 cm³/mol. The van der Waals surface area contributed by atoms with Gasteiger partial charge in [-0.25, -0.2) is 17.9 Å². The molecule has 45 heavy (non-hydrogen) atoms. The van der Waals surface area contributed by atoms with Gasteiger partial charge in [-0.1, -0.05) is 31.2 Å². The SMILES string of the molecule is CCNS(=O)(=O)c1ccc2c(c1)CN(C(=O)C(Cc1c[nH]c3ccccc13)NC(=O)C1CCN(C(=O)OC(C)(C)C)CC1)CC2. The Morgan fingerprint density at radius 1 is 1.02 bits per heavy atom. The summed E-state index contributed by atoms with van der Waals surface area (Å²) in [5.41, 5.74) is 3.04. The molecule has 11 nitrogen and oxygen atoms in total. The molecule has 0 bridgehead atoms. The number of hydrogen-bond donors (Lipinski definition) is 3. The molecule has 0 spiro atoms. The summed E-state index contributed by atoms with van der Waals surface area (Å²) in [7, 11) is -3.65. The number of aromatic nitrogens is 1. The number of ether oxygens (including phenoxy) is 1. The number of piperidine rings is 1. The Balaban J connectivity index is 1.33. The van der Waals surface area contributed by atoms with E-state index in [0.717, 1.165) is 27.6 Å². The van der Waals surface area contributed by atoms with Crippen LogP contribution in [-0.4, -0.2) is 78.9 Å². The predicted octanol–water partition coefficient (Wildman–Crippen LogP) is 3.73. The van der Waals surface area contributed by atoms with Crippen LogP contribution in [-0.2, 0) is 43.7 Å². The van der Waals surface area contributed by atoms with E-state index in [9.17, 15) is 22.8 Å². The summed E-state index contributed by atoms with van der Waals surface area (Å²) in [6.07, 6.45) is 3.31. The standard InChI is InChI=1S/C33H43N5O6S/c1-5-35-45(42,43)26-11-10-22-12-17-38(21-25(22)18-26)31(40)29(19-24-20-34-28-9-7-6-8-27(24)28)36-30(39)23-13-15-37(16-14-23)32(41)44-33(2,3)4/h6-11,18,20,23,29,34-35H,5,12-17,19,21H2,1-4H3,(H,36,39). The minimum atomic E-state index is -3.65. The summed E-state index contributed by atoms with van der Waals surface area (Å²) < 4.78 is 33.3. The molecule has 5 rings (SSSR count). The van der Waals surface area contributed by atoms with Crippen molar-refractivity contribution in [1.82, 2.24) is 24.8 Å². The number of hydrogen-bond acceptors (Lipinski definition) is 6. The number of fused-ring (bicyclic) bond motifs is 2. The summed E-state index contributed by atoms with van der Waals surface area (Å²) in [4.78, 5) is 47.0. The Morgan fingerprint density at radius 2 is 1.76 bits per heavy atom. The molecule has 3 heterocycles. The van der Waals surface area contributed by atoms with Crippen LogP contribution < -0.4 is 10.0 Å². The molecule has 1 unspecified atom stereocenters. The van der Waals surface area contributed by atoms with Crippen LogP contribution in [0.4, 0.5) is 4.79 Å². The molecule has 3 amide bonds. The fourth-order valence-electron chi connectivity index (χ4n) is 6.04. The Labute approximate surface area is 264 Å². The van der Waals surface area contributed by atoms with Crippen LogP contribution in [0.3, 0.4) is 0 Å². The zero-order valence-electron chi connectivity index (χ0n) is 26.4. The van der Waals surface area contributed by atoms with Gasteiger partial charge >= 0.3 is 6.09 Å². The quantitative estimate of drug-likeness (QED) is 0.344. The van der Waals surface area contributed by atoms with Crippen LogP contribution in [0, 0.1) is 5.92 Å². The molecule has 1 atom stereocenters. The van der Waals surface area contributed by atoms with E-state index in [-0.39, 0.29) is 41.8 Å². The van der Waals surface area contributed by atoms with Crippen molar-refractivity contribution in [3.05, 3.63) is 65.4 Å². The first-order chi connectivity index (χ1) is 21.3. The Kier molecular flexibility index (Phi) is 9.54. The van der Waals surface area contributed by atoms with Crippen molar-refractivity contribution in [3.8, 4) is 0 Å². The van der Waals surface area contributed by atoms with Crippen LogP contribution >= 0.6 is 0 Å². The number of sulfonamides is 1. The van der Waals surface area contributed by atoms with E-state index >= 15 is 0 Å². The first-order valence-electron chi connectivity index (χ1n) is 15.6. The van der Waals surface area contributed by atoms with Crippen molar-refractivity contribution in [2.24, 2.45) is 5.92 Å². The number of benzene rings is 2. The Morgan fingerprint density at radius 3 is 2.47 bits per heavy atom. The van der Waals surface area contributed by atoms with Crippen molar-refractivity contribution in [2.45, 2.75) is 76.5 Å². The molecule has 3 aromatic rings. The summed E-state index contributed by atoms with van der Waals surface area (Å²) >= 11 is 0. The van der Waals surface area contributed by atoms with Gasteiger partial charge in [-0.3, -0.25) is 9.59 Å². The van der Waals surface area contributed by atoms with E-state index in [1.165, 1.54) is 0 Å². The molecule has 1 fully saturated rings. The lowest BCUT2D eigenvalue weighted by molar-refractivity contribution is -0.138. The average Bonchev–Trinajstić information content (AvgIpc) is 3.41. The molecule has 1 saturated heterocycles. The molecule has 242 valence electrons. The molecule has 12 heteroatoms.